The van der Waals surface area contributed by atoms with Crippen molar-refractivity contribution in [3.05, 3.63) is 11.6 Å². The van der Waals surface area contributed by atoms with Gasteiger partial charge in [0.1, 0.15) is 0 Å². The fourth-order valence-corrected chi connectivity index (χ4v) is 1.74. The average molecular weight is 174 g/mol. The molecule has 62 valence electrons. The summed E-state index contributed by atoms with van der Waals surface area (Å²) in [4.78, 5) is 8.53. The van der Waals surface area contributed by atoms with Crippen molar-refractivity contribution in [3.8, 4) is 0 Å². The van der Waals surface area contributed by atoms with E-state index < -0.39 is 8.03 Å². The van der Waals surface area contributed by atoms with Crippen LogP contribution in [0.3, 0.4) is 0 Å². The number of rotatable bonds is 3. The summed E-state index contributed by atoms with van der Waals surface area (Å²) in [6, 6.07) is 0.251. The zero-order valence-corrected chi connectivity index (χ0v) is 7.26. The lowest BCUT2D eigenvalue weighted by atomic mass is 10.1. The molecule has 0 aromatic heterocycles. The Morgan fingerprint density at radius 2 is 2.55 bits per heavy atom. The van der Waals surface area contributed by atoms with E-state index in [1.807, 2.05) is 0 Å². The van der Waals surface area contributed by atoms with Gasteiger partial charge >= 0.3 is 8.03 Å². The summed E-state index contributed by atoms with van der Waals surface area (Å²) in [6.45, 7) is 0. The van der Waals surface area contributed by atoms with Gasteiger partial charge in [0.2, 0.25) is 0 Å². The first-order valence-corrected chi connectivity index (χ1v) is 5.15. The largest absolute Gasteiger partial charge is 0.505 e. The minimum atomic E-state index is -1.96. The van der Waals surface area contributed by atoms with E-state index in [9.17, 15) is 4.57 Å². The highest BCUT2D eigenvalue weighted by molar-refractivity contribution is 7.37. The van der Waals surface area contributed by atoms with Crippen LogP contribution in [0.4, 0.5) is 0 Å². The van der Waals surface area contributed by atoms with Gasteiger partial charge in [-0.25, -0.2) is 0 Å². The second-order valence-corrected chi connectivity index (χ2v) is 4.04. The summed E-state index contributed by atoms with van der Waals surface area (Å²) >= 11 is 0. The lowest BCUT2D eigenvalue weighted by Crippen LogP contribution is -2.14. The molecule has 4 heteroatoms. The van der Waals surface area contributed by atoms with Gasteiger partial charge < -0.3 is 5.73 Å². The van der Waals surface area contributed by atoms with Crippen LogP contribution in [0.5, 0.6) is 0 Å². The van der Waals surface area contributed by atoms with Crippen LogP contribution in [-0.4, -0.2) is 17.1 Å². The van der Waals surface area contributed by atoms with Crippen LogP contribution in [0.25, 0.3) is 0 Å². The van der Waals surface area contributed by atoms with E-state index in [2.05, 4.69) is 6.08 Å². The summed E-state index contributed by atoms with van der Waals surface area (Å²) in [6.07, 6.45) is 5.04. The Morgan fingerprint density at radius 1 is 1.82 bits per heavy atom. The molecule has 1 aliphatic rings. The Bertz CT molecular complexity index is 191. The molecule has 0 aromatic rings. The molecular weight excluding hydrogens is 161 g/mol. The van der Waals surface area contributed by atoms with Crippen LogP contribution in [0.2, 0.25) is 0 Å². The SMILES string of the molecule is NC1CC=C(CC[P+](=O)O)C1. The number of hydrogen-bond donors (Lipinski definition) is 2. The van der Waals surface area contributed by atoms with Gasteiger partial charge in [0.05, 0.1) is 0 Å². The van der Waals surface area contributed by atoms with Crippen molar-refractivity contribution in [1.82, 2.24) is 0 Å². The fraction of sp³-hybridized carbons (Fsp3) is 0.714. The van der Waals surface area contributed by atoms with Gasteiger partial charge in [-0.3, -0.25) is 0 Å². The second-order valence-electron chi connectivity index (χ2n) is 2.89. The van der Waals surface area contributed by atoms with Crippen molar-refractivity contribution in [2.75, 3.05) is 6.16 Å². The van der Waals surface area contributed by atoms with Crippen molar-refractivity contribution in [2.45, 2.75) is 25.3 Å². The van der Waals surface area contributed by atoms with E-state index in [0.29, 0.717) is 6.16 Å². The van der Waals surface area contributed by atoms with Crippen molar-refractivity contribution >= 4 is 8.03 Å². The molecule has 1 aliphatic carbocycles. The van der Waals surface area contributed by atoms with Gasteiger partial charge in [-0.15, -0.1) is 0 Å². The van der Waals surface area contributed by atoms with Gasteiger partial charge in [-0.2, -0.15) is 4.89 Å². The molecule has 0 saturated carbocycles. The maximum Gasteiger partial charge on any atom is 0.505 e. The third kappa shape index (κ3) is 3.10. The molecule has 0 spiro atoms. The van der Waals surface area contributed by atoms with Crippen molar-refractivity contribution in [1.29, 1.82) is 0 Å². The Hall–Kier alpha value is -0.240. The van der Waals surface area contributed by atoms with E-state index in [-0.39, 0.29) is 6.04 Å². The topological polar surface area (TPSA) is 63.3 Å². The summed E-state index contributed by atoms with van der Waals surface area (Å²) in [5.74, 6) is 0. The molecule has 3 N–H and O–H groups in total. The molecule has 11 heavy (non-hydrogen) atoms. The summed E-state index contributed by atoms with van der Waals surface area (Å²) in [5.41, 5.74) is 6.89. The quantitative estimate of drug-likeness (QED) is 0.498. The summed E-state index contributed by atoms with van der Waals surface area (Å²) in [5, 5.41) is 0. The van der Waals surface area contributed by atoms with Crippen molar-refractivity contribution < 1.29 is 9.46 Å². The maximum atomic E-state index is 10.3. The molecule has 2 unspecified atom stereocenters. The molecule has 0 heterocycles. The molecule has 0 aromatic carbocycles. The predicted octanol–water partition coefficient (Wildman–Crippen LogP) is 1.16. The molecule has 0 amide bonds. The molecule has 0 fully saturated rings. The minimum Gasteiger partial charge on any atom is -0.327 e. The predicted molar refractivity (Wildman–Crippen MR) is 44.6 cm³/mol. The molecule has 2 atom stereocenters. The van der Waals surface area contributed by atoms with Crippen LogP contribution in [0, 0.1) is 0 Å². The molecular formula is C7H13NO2P+. The van der Waals surface area contributed by atoms with Crippen molar-refractivity contribution in [2.24, 2.45) is 5.73 Å². The van der Waals surface area contributed by atoms with Gasteiger partial charge in [0, 0.05) is 12.5 Å². The normalized spacial score (nSPS) is 25.1. The van der Waals surface area contributed by atoms with Crippen molar-refractivity contribution in [3.63, 3.8) is 0 Å². The maximum absolute atomic E-state index is 10.3. The van der Waals surface area contributed by atoms with E-state index in [1.54, 1.807) is 0 Å². The first kappa shape index (κ1) is 8.85. The Morgan fingerprint density at radius 3 is 3.00 bits per heavy atom. The molecule has 0 aliphatic heterocycles. The van der Waals surface area contributed by atoms with Gasteiger partial charge in [0.25, 0.3) is 0 Å². The molecule has 3 nitrogen and oxygen atoms in total. The first-order chi connectivity index (χ1) is 5.18. The summed E-state index contributed by atoms with van der Waals surface area (Å²) < 4.78 is 10.3. The highest BCUT2D eigenvalue weighted by Gasteiger charge is 2.16. The first-order valence-electron chi connectivity index (χ1n) is 3.75. The molecule has 0 saturated heterocycles. The van der Waals surface area contributed by atoms with Crippen LogP contribution in [0.15, 0.2) is 11.6 Å². The van der Waals surface area contributed by atoms with Crippen LogP contribution < -0.4 is 5.73 Å². The Kier molecular flexibility index (Phi) is 3.18. The molecule has 1 rings (SSSR count). The Labute approximate surface area is 67.2 Å². The van der Waals surface area contributed by atoms with E-state index in [4.69, 9.17) is 10.6 Å². The third-order valence-corrected chi connectivity index (χ3v) is 2.46. The standard InChI is InChI=1S/C7H12NO2P/c8-7-2-1-6(5-7)3-4-11(9)10/h1,7H,2-5,8H2/p+1. The molecule has 0 radical (unpaired) electrons. The lowest BCUT2D eigenvalue weighted by Gasteiger charge is -1.99. The zero-order valence-electron chi connectivity index (χ0n) is 6.36. The highest BCUT2D eigenvalue weighted by atomic mass is 31.1. The Balaban J connectivity index is 2.23. The zero-order chi connectivity index (χ0) is 8.27. The van der Waals surface area contributed by atoms with Crippen LogP contribution in [0.1, 0.15) is 19.3 Å². The van der Waals surface area contributed by atoms with E-state index >= 15 is 0 Å². The van der Waals surface area contributed by atoms with Gasteiger partial charge in [0.15, 0.2) is 6.16 Å². The third-order valence-electron chi connectivity index (χ3n) is 1.86. The molecule has 0 bridgehead atoms. The number of nitrogens with two attached hydrogens (primary N) is 1. The van der Waals surface area contributed by atoms with Gasteiger partial charge in [-0.05, 0) is 17.4 Å². The smallest absolute Gasteiger partial charge is 0.327 e. The second kappa shape index (κ2) is 3.96. The highest BCUT2D eigenvalue weighted by Crippen LogP contribution is 2.24. The van der Waals surface area contributed by atoms with E-state index in [0.717, 1.165) is 19.3 Å². The van der Waals surface area contributed by atoms with Crippen LogP contribution in [-0.2, 0) is 4.57 Å². The number of hydrogen-bond acceptors (Lipinski definition) is 2. The van der Waals surface area contributed by atoms with Gasteiger partial charge in [-0.1, -0.05) is 11.6 Å². The average Bonchev–Trinajstić information content (AvgIpc) is 2.31. The summed E-state index contributed by atoms with van der Waals surface area (Å²) in [7, 11) is -1.96. The minimum absolute atomic E-state index is 0.251. The fourth-order valence-electron chi connectivity index (χ4n) is 1.26. The lowest BCUT2D eigenvalue weighted by molar-refractivity contribution is 0.502. The monoisotopic (exact) mass is 174 g/mol. The van der Waals surface area contributed by atoms with Crippen LogP contribution >= 0.6 is 8.03 Å². The van der Waals surface area contributed by atoms with E-state index in [1.165, 1.54) is 5.57 Å².